The van der Waals surface area contributed by atoms with Crippen molar-refractivity contribution in [3.05, 3.63) is 58.7 Å². The number of anilines is 1. The Labute approximate surface area is 172 Å². The molecule has 2 aliphatic heterocycles. The minimum absolute atomic E-state index is 0.328. The summed E-state index contributed by atoms with van der Waals surface area (Å²) in [6.07, 6.45) is 4.10. The zero-order chi connectivity index (χ0) is 18.9. The Kier molecular flexibility index (Phi) is 4.82. The smallest absolute Gasteiger partial charge is 0.231 e. The highest BCUT2D eigenvalue weighted by molar-refractivity contribution is 9.10. The maximum Gasteiger partial charge on any atom is 0.231 e. The highest BCUT2D eigenvalue weighted by Gasteiger charge is 2.21. The number of hydrogen-bond acceptors (Lipinski definition) is 5. The fourth-order valence-corrected chi connectivity index (χ4v) is 4.34. The third-order valence-electron chi connectivity index (χ3n) is 5.50. The maximum absolute atomic E-state index is 5.49. The van der Waals surface area contributed by atoms with Crippen LogP contribution in [0.4, 0.5) is 5.82 Å². The molecule has 1 saturated heterocycles. The normalized spacial score (nSPS) is 17.2. The van der Waals surface area contributed by atoms with Crippen LogP contribution in [0.15, 0.2) is 53.1 Å². The Morgan fingerprint density at radius 2 is 1.89 bits per heavy atom. The van der Waals surface area contributed by atoms with E-state index in [0.29, 0.717) is 12.8 Å². The first-order chi connectivity index (χ1) is 13.7. The van der Waals surface area contributed by atoms with Gasteiger partial charge in [-0.1, -0.05) is 28.1 Å². The van der Waals surface area contributed by atoms with E-state index in [2.05, 4.69) is 67.5 Å². The molecule has 0 radical (unpaired) electrons. The lowest BCUT2D eigenvalue weighted by Gasteiger charge is -2.32. The van der Waals surface area contributed by atoms with Crippen molar-refractivity contribution in [2.24, 2.45) is 0 Å². The van der Waals surface area contributed by atoms with Crippen molar-refractivity contribution in [2.75, 3.05) is 25.2 Å². The average molecular weight is 440 g/mol. The third kappa shape index (κ3) is 3.66. The summed E-state index contributed by atoms with van der Waals surface area (Å²) in [4.78, 5) is 7.09. The summed E-state index contributed by atoms with van der Waals surface area (Å²) in [5.74, 6) is 2.69. The zero-order valence-corrected chi connectivity index (χ0v) is 17.1. The van der Waals surface area contributed by atoms with Crippen molar-refractivity contribution >= 4 is 32.5 Å². The molecule has 2 aliphatic rings. The minimum Gasteiger partial charge on any atom is -0.454 e. The standard InChI is InChI=1S/C22H22BrN3O2/c23-17-3-2-16-5-8-24-22(19(16)12-17)25-18-6-9-26(10-7-18)13-15-1-4-20-21(11-15)28-14-27-20/h1-5,8,11-12,18H,6-7,9-10,13-14H2,(H,24,25). The second-order valence-corrected chi connectivity index (χ2v) is 8.32. The number of likely N-dealkylation sites (tertiary alicyclic amines) is 1. The lowest BCUT2D eigenvalue weighted by molar-refractivity contribution is 0.173. The molecule has 0 amide bonds. The number of nitrogens with zero attached hydrogens (tertiary/aromatic N) is 2. The first-order valence-electron chi connectivity index (χ1n) is 9.66. The fourth-order valence-electron chi connectivity index (χ4n) is 3.98. The molecule has 144 valence electrons. The van der Waals surface area contributed by atoms with Gasteiger partial charge in [0.1, 0.15) is 5.82 Å². The first kappa shape index (κ1) is 17.8. The number of benzene rings is 2. The van der Waals surface area contributed by atoms with Crippen LogP contribution in [0.5, 0.6) is 11.5 Å². The van der Waals surface area contributed by atoms with Gasteiger partial charge in [-0.25, -0.2) is 4.98 Å². The average Bonchev–Trinajstić information content (AvgIpc) is 3.18. The van der Waals surface area contributed by atoms with Crippen LogP contribution in [-0.4, -0.2) is 35.8 Å². The minimum atomic E-state index is 0.328. The number of nitrogens with one attached hydrogen (secondary N) is 1. The van der Waals surface area contributed by atoms with Crippen molar-refractivity contribution in [1.29, 1.82) is 0 Å². The van der Waals surface area contributed by atoms with Crippen LogP contribution in [0.3, 0.4) is 0 Å². The van der Waals surface area contributed by atoms with Crippen LogP contribution < -0.4 is 14.8 Å². The van der Waals surface area contributed by atoms with Gasteiger partial charge in [-0.3, -0.25) is 4.90 Å². The number of pyridine rings is 1. The van der Waals surface area contributed by atoms with E-state index in [1.54, 1.807) is 0 Å². The molecule has 0 spiro atoms. The van der Waals surface area contributed by atoms with Gasteiger partial charge in [0, 0.05) is 41.7 Å². The molecule has 2 aromatic carbocycles. The fraction of sp³-hybridized carbons (Fsp3) is 0.318. The van der Waals surface area contributed by atoms with Crippen LogP contribution in [0.1, 0.15) is 18.4 Å². The summed E-state index contributed by atoms with van der Waals surface area (Å²) in [5.41, 5.74) is 1.27. The second kappa shape index (κ2) is 7.60. The Balaban J connectivity index is 1.21. The molecule has 6 heteroatoms. The number of halogens is 1. The third-order valence-corrected chi connectivity index (χ3v) is 5.99. The molecular formula is C22H22BrN3O2. The van der Waals surface area contributed by atoms with E-state index in [1.165, 1.54) is 16.3 Å². The molecule has 5 nitrogen and oxygen atoms in total. The molecular weight excluding hydrogens is 418 g/mol. The molecule has 0 bridgehead atoms. The number of fused-ring (bicyclic) bond motifs is 2. The number of ether oxygens (including phenoxy) is 2. The van der Waals surface area contributed by atoms with Crippen LogP contribution in [-0.2, 0) is 6.54 Å². The summed E-state index contributed by atoms with van der Waals surface area (Å²) in [6, 6.07) is 15.1. The van der Waals surface area contributed by atoms with Gasteiger partial charge in [0.05, 0.1) is 0 Å². The largest absolute Gasteiger partial charge is 0.454 e. The van der Waals surface area contributed by atoms with E-state index in [-0.39, 0.29) is 0 Å². The summed E-state index contributed by atoms with van der Waals surface area (Å²) in [6.45, 7) is 3.42. The van der Waals surface area contributed by atoms with Crippen LogP contribution in [0.2, 0.25) is 0 Å². The number of piperidine rings is 1. The van der Waals surface area contributed by atoms with E-state index in [4.69, 9.17) is 9.47 Å². The van der Waals surface area contributed by atoms with E-state index in [1.807, 2.05) is 12.3 Å². The Morgan fingerprint density at radius 3 is 2.79 bits per heavy atom. The number of aromatic nitrogens is 1. The zero-order valence-electron chi connectivity index (χ0n) is 15.5. The first-order valence-corrected chi connectivity index (χ1v) is 10.5. The number of rotatable bonds is 4. The van der Waals surface area contributed by atoms with Gasteiger partial charge in [-0.05, 0) is 54.1 Å². The summed E-state index contributed by atoms with van der Waals surface area (Å²) in [5, 5.41) is 6.05. The highest BCUT2D eigenvalue weighted by atomic mass is 79.9. The molecule has 1 aromatic heterocycles. The second-order valence-electron chi connectivity index (χ2n) is 7.41. The van der Waals surface area contributed by atoms with Crippen LogP contribution in [0.25, 0.3) is 10.8 Å². The molecule has 0 aliphatic carbocycles. The summed E-state index contributed by atoms with van der Waals surface area (Å²) in [7, 11) is 0. The van der Waals surface area contributed by atoms with E-state index in [9.17, 15) is 0 Å². The molecule has 3 aromatic rings. The van der Waals surface area contributed by atoms with Crippen LogP contribution in [0, 0.1) is 0 Å². The predicted octanol–water partition coefficient (Wildman–Crippen LogP) is 4.80. The molecule has 1 fully saturated rings. The van der Waals surface area contributed by atoms with E-state index < -0.39 is 0 Å². The molecule has 0 atom stereocenters. The maximum atomic E-state index is 5.49. The molecule has 3 heterocycles. The van der Waals surface area contributed by atoms with Gasteiger partial charge < -0.3 is 14.8 Å². The van der Waals surface area contributed by atoms with E-state index >= 15 is 0 Å². The molecule has 0 unspecified atom stereocenters. The Bertz CT molecular complexity index is 1000. The van der Waals surface area contributed by atoms with Gasteiger partial charge in [0.15, 0.2) is 11.5 Å². The quantitative estimate of drug-likeness (QED) is 0.632. The van der Waals surface area contributed by atoms with Gasteiger partial charge >= 0.3 is 0 Å². The lowest BCUT2D eigenvalue weighted by atomic mass is 10.0. The summed E-state index contributed by atoms with van der Waals surface area (Å²) < 4.78 is 12.0. The van der Waals surface area contributed by atoms with Crippen molar-refractivity contribution in [1.82, 2.24) is 9.88 Å². The van der Waals surface area contributed by atoms with Crippen molar-refractivity contribution in [2.45, 2.75) is 25.4 Å². The monoisotopic (exact) mass is 439 g/mol. The molecule has 5 rings (SSSR count). The van der Waals surface area contributed by atoms with E-state index in [0.717, 1.165) is 54.3 Å². The van der Waals surface area contributed by atoms with Crippen molar-refractivity contribution < 1.29 is 9.47 Å². The summed E-state index contributed by atoms with van der Waals surface area (Å²) >= 11 is 3.57. The van der Waals surface area contributed by atoms with Gasteiger partial charge in [0.2, 0.25) is 6.79 Å². The Hall–Kier alpha value is -2.31. The Morgan fingerprint density at radius 1 is 1.04 bits per heavy atom. The highest BCUT2D eigenvalue weighted by Crippen LogP contribution is 2.33. The predicted molar refractivity (Wildman–Crippen MR) is 114 cm³/mol. The van der Waals surface area contributed by atoms with Crippen molar-refractivity contribution in [3.63, 3.8) is 0 Å². The van der Waals surface area contributed by atoms with Crippen molar-refractivity contribution in [3.8, 4) is 11.5 Å². The molecule has 0 saturated carbocycles. The lowest BCUT2D eigenvalue weighted by Crippen LogP contribution is -2.38. The molecule has 1 N–H and O–H groups in total. The van der Waals surface area contributed by atoms with Gasteiger partial charge in [-0.2, -0.15) is 0 Å². The number of hydrogen-bond donors (Lipinski definition) is 1. The SMILES string of the molecule is Brc1ccc2ccnc(NC3CCN(Cc4ccc5c(c4)OCO5)CC3)c2c1. The topological polar surface area (TPSA) is 46.6 Å². The van der Waals surface area contributed by atoms with Gasteiger partial charge in [0.25, 0.3) is 0 Å². The van der Waals surface area contributed by atoms with Gasteiger partial charge in [-0.15, -0.1) is 0 Å². The van der Waals surface area contributed by atoms with Crippen LogP contribution >= 0.6 is 15.9 Å². The molecule has 28 heavy (non-hydrogen) atoms.